The Bertz CT molecular complexity index is 425. The smallest absolute Gasteiger partial charge is 0.244 e. The van der Waals surface area contributed by atoms with Gasteiger partial charge in [0.25, 0.3) is 0 Å². The van der Waals surface area contributed by atoms with Crippen molar-refractivity contribution < 1.29 is 4.79 Å². The fourth-order valence-corrected chi connectivity index (χ4v) is 1.98. The Kier molecular flexibility index (Phi) is 7.22. The first-order valence-electron chi connectivity index (χ1n) is 5.42. The number of nitrogens with one attached hydrogen (secondary N) is 1. The van der Waals surface area contributed by atoms with Crippen molar-refractivity contribution in [3.63, 3.8) is 0 Å². The van der Waals surface area contributed by atoms with E-state index in [1.54, 1.807) is 25.1 Å². The third-order valence-electron chi connectivity index (χ3n) is 2.47. The normalized spacial score (nSPS) is 13.4. The molecule has 1 rings (SSSR count). The molecule has 3 N–H and O–H groups in total. The van der Waals surface area contributed by atoms with Crippen LogP contribution in [0.25, 0.3) is 0 Å². The first kappa shape index (κ1) is 17.7. The summed E-state index contributed by atoms with van der Waals surface area (Å²) in [5.74, 6) is -0.187. The summed E-state index contributed by atoms with van der Waals surface area (Å²) in [7, 11) is 0. The summed E-state index contributed by atoms with van der Waals surface area (Å²) in [4.78, 5) is 11.9. The highest BCUT2D eigenvalue weighted by Gasteiger charge is 2.27. The van der Waals surface area contributed by atoms with Crippen molar-refractivity contribution in [2.45, 2.75) is 32.2 Å². The van der Waals surface area contributed by atoms with Gasteiger partial charge in [-0.05, 0) is 47.5 Å². The van der Waals surface area contributed by atoms with E-state index in [1.807, 2.05) is 6.92 Å². The van der Waals surface area contributed by atoms with Crippen LogP contribution in [0.2, 0.25) is 5.02 Å². The Morgan fingerprint density at radius 2 is 2.17 bits per heavy atom. The van der Waals surface area contributed by atoms with Crippen molar-refractivity contribution in [3.05, 3.63) is 27.7 Å². The van der Waals surface area contributed by atoms with Gasteiger partial charge in [-0.1, -0.05) is 24.9 Å². The zero-order chi connectivity index (χ0) is 13.1. The second kappa shape index (κ2) is 7.34. The first-order valence-corrected chi connectivity index (χ1v) is 6.59. The summed E-state index contributed by atoms with van der Waals surface area (Å²) in [5, 5.41) is 3.39. The number of anilines is 1. The number of carbonyl (C=O) groups excluding carboxylic acids is 1. The van der Waals surface area contributed by atoms with Crippen LogP contribution in [0.3, 0.4) is 0 Å². The summed E-state index contributed by atoms with van der Waals surface area (Å²) in [6, 6.07) is 5.21. The number of halogens is 3. The van der Waals surface area contributed by atoms with Gasteiger partial charge in [-0.3, -0.25) is 4.79 Å². The van der Waals surface area contributed by atoms with E-state index >= 15 is 0 Å². The fraction of sp³-hybridized carbons (Fsp3) is 0.417. The molecule has 1 unspecified atom stereocenters. The lowest BCUT2D eigenvalue weighted by atomic mass is 9.96. The third kappa shape index (κ3) is 4.76. The predicted molar refractivity (Wildman–Crippen MR) is 82.5 cm³/mol. The average Bonchev–Trinajstić information content (AvgIpc) is 2.23. The highest BCUT2D eigenvalue weighted by atomic mass is 79.9. The van der Waals surface area contributed by atoms with E-state index in [-0.39, 0.29) is 18.3 Å². The van der Waals surface area contributed by atoms with Crippen LogP contribution in [0, 0.1) is 0 Å². The molecular weight excluding hydrogens is 339 g/mol. The summed E-state index contributed by atoms with van der Waals surface area (Å²) in [6.45, 7) is 3.73. The van der Waals surface area contributed by atoms with E-state index in [0.717, 1.165) is 10.9 Å². The Hall–Kier alpha value is -0.290. The molecule has 0 saturated heterocycles. The molecule has 0 fully saturated rings. The van der Waals surface area contributed by atoms with E-state index in [2.05, 4.69) is 21.2 Å². The van der Waals surface area contributed by atoms with E-state index in [0.29, 0.717) is 17.1 Å². The summed E-state index contributed by atoms with van der Waals surface area (Å²) in [5.41, 5.74) is 5.77. The third-order valence-corrected chi connectivity index (χ3v) is 3.68. The molecular formula is C12H17BrCl2N2O. The van der Waals surface area contributed by atoms with Crippen LogP contribution in [0.5, 0.6) is 0 Å². The van der Waals surface area contributed by atoms with Crippen LogP contribution in [-0.4, -0.2) is 11.4 Å². The summed E-state index contributed by atoms with van der Waals surface area (Å²) < 4.78 is 0.742. The van der Waals surface area contributed by atoms with Crippen molar-refractivity contribution >= 4 is 51.5 Å². The quantitative estimate of drug-likeness (QED) is 0.858. The molecule has 1 aromatic rings. The molecule has 0 saturated carbocycles. The Labute approximate surface area is 127 Å². The molecule has 102 valence electrons. The molecule has 0 aliphatic carbocycles. The second-order valence-corrected chi connectivity index (χ2v) is 5.51. The van der Waals surface area contributed by atoms with Crippen molar-refractivity contribution in [2.24, 2.45) is 5.73 Å². The van der Waals surface area contributed by atoms with Gasteiger partial charge in [-0.15, -0.1) is 12.4 Å². The van der Waals surface area contributed by atoms with E-state index < -0.39 is 5.54 Å². The lowest BCUT2D eigenvalue weighted by molar-refractivity contribution is -0.120. The van der Waals surface area contributed by atoms with Crippen LogP contribution in [-0.2, 0) is 4.79 Å². The topological polar surface area (TPSA) is 55.1 Å². The highest BCUT2D eigenvalue weighted by molar-refractivity contribution is 9.10. The number of amides is 1. The van der Waals surface area contributed by atoms with Crippen LogP contribution in [0.15, 0.2) is 22.7 Å². The number of nitrogens with two attached hydrogens (primary N) is 1. The van der Waals surface area contributed by atoms with Gasteiger partial charge in [-0.2, -0.15) is 0 Å². The molecule has 0 aliphatic rings. The van der Waals surface area contributed by atoms with Crippen LogP contribution in [0.1, 0.15) is 26.7 Å². The molecule has 0 radical (unpaired) electrons. The number of hydrogen-bond donors (Lipinski definition) is 2. The maximum atomic E-state index is 11.9. The lowest BCUT2D eigenvalue weighted by Crippen LogP contribution is -2.48. The Morgan fingerprint density at radius 3 is 2.67 bits per heavy atom. The average molecular weight is 356 g/mol. The molecule has 1 atom stereocenters. The summed E-state index contributed by atoms with van der Waals surface area (Å²) in [6.07, 6.45) is 1.51. The van der Waals surface area contributed by atoms with Crippen LogP contribution >= 0.6 is 39.9 Å². The summed E-state index contributed by atoms with van der Waals surface area (Å²) >= 11 is 9.18. The Balaban J connectivity index is 0.00000289. The molecule has 0 spiro atoms. The molecule has 0 heterocycles. The van der Waals surface area contributed by atoms with Gasteiger partial charge in [0.2, 0.25) is 5.91 Å². The fourth-order valence-electron chi connectivity index (χ4n) is 1.48. The predicted octanol–water partition coefficient (Wildman–Crippen LogP) is 3.98. The van der Waals surface area contributed by atoms with Crippen molar-refractivity contribution in [1.82, 2.24) is 0 Å². The first-order chi connectivity index (χ1) is 7.86. The molecule has 0 bridgehead atoms. The number of hydrogen-bond acceptors (Lipinski definition) is 2. The minimum atomic E-state index is -0.846. The largest absolute Gasteiger partial charge is 0.324 e. The van der Waals surface area contributed by atoms with Gasteiger partial charge in [0.1, 0.15) is 0 Å². The Morgan fingerprint density at radius 1 is 1.56 bits per heavy atom. The van der Waals surface area contributed by atoms with Gasteiger partial charge in [-0.25, -0.2) is 0 Å². The zero-order valence-electron chi connectivity index (χ0n) is 10.3. The molecule has 1 aromatic carbocycles. The van der Waals surface area contributed by atoms with Crippen molar-refractivity contribution in [2.75, 3.05) is 5.32 Å². The maximum Gasteiger partial charge on any atom is 0.244 e. The molecule has 3 nitrogen and oxygen atoms in total. The van der Waals surface area contributed by atoms with E-state index in [9.17, 15) is 4.79 Å². The maximum absolute atomic E-state index is 11.9. The number of benzene rings is 1. The van der Waals surface area contributed by atoms with Gasteiger partial charge >= 0.3 is 0 Å². The minimum absolute atomic E-state index is 0. The zero-order valence-corrected chi connectivity index (χ0v) is 13.5. The lowest BCUT2D eigenvalue weighted by Gasteiger charge is -2.22. The molecule has 18 heavy (non-hydrogen) atoms. The number of carbonyl (C=O) groups is 1. The SMILES string of the molecule is CCCC(C)(N)C(=O)Nc1ccc(Cl)c(Br)c1.Cl. The van der Waals surface area contributed by atoms with Crippen molar-refractivity contribution in [3.8, 4) is 0 Å². The molecule has 0 aromatic heterocycles. The molecule has 0 aliphatic heterocycles. The van der Waals surface area contributed by atoms with Gasteiger partial charge < -0.3 is 11.1 Å². The van der Waals surface area contributed by atoms with Gasteiger partial charge in [0.15, 0.2) is 0 Å². The van der Waals surface area contributed by atoms with Gasteiger partial charge in [0.05, 0.1) is 10.6 Å². The van der Waals surface area contributed by atoms with Gasteiger partial charge in [0, 0.05) is 10.2 Å². The van der Waals surface area contributed by atoms with Crippen LogP contribution < -0.4 is 11.1 Å². The number of rotatable bonds is 4. The minimum Gasteiger partial charge on any atom is -0.324 e. The molecule has 1 amide bonds. The van der Waals surface area contributed by atoms with E-state index in [1.165, 1.54) is 0 Å². The highest BCUT2D eigenvalue weighted by Crippen LogP contribution is 2.26. The monoisotopic (exact) mass is 354 g/mol. The van der Waals surface area contributed by atoms with Crippen molar-refractivity contribution in [1.29, 1.82) is 0 Å². The van der Waals surface area contributed by atoms with Crippen LogP contribution in [0.4, 0.5) is 5.69 Å². The standard InChI is InChI=1S/C12H16BrClN2O.ClH/c1-3-6-12(2,15)11(17)16-8-4-5-10(14)9(13)7-8;/h4-5,7H,3,6,15H2,1-2H3,(H,16,17);1H. The molecule has 6 heteroatoms. The second-order valence-electron chi connectivity index (χ2n) is 4.25. The van der Waals surface area contributed by atoms with E-state index in [4.69, 9.17) is 17.3 Å².